The summed E-state index contributed by atoms with van der Waals surface area (Å²) in [6.07, 6.45) is 3.93. The van der Waals surface area contributed by atoms with E-state index in [1.165, 1.54) is 25.0 Å². The summed E-state index contributed by atoms with van der Waals surface area (Å²) >= 11 is 0. The van der Waals surface area contributed by atoms with Crippen molar-refractivity contribution >= 4 is 11.6 Å². The van der Waals surface area contributed by atoms with Gasteiger partial charge in [0.05, 0.1) is 0 Å². The highest BCUT2D eigenvalue weighted by Gasteiger charge is 2.20. The summed E-state index contributed by atoms with van der Waals surface area (Å²) in [5, 5.41) is 0. The van der Waals surface area contributed by atoms with Gasteiger partial charge in [-0.1, -0.05) is 25.1 Å². The molecule has 0 N–H and O–H groups in total. The molecule has 1 aliphatic heterocycles. The number of nitrogens with zero attached hydrogens (tertiary/aromatic N) is 2. The number of anilines is 1. The van der Waals surface area contributed by atoms with E-state index in [2.05, 4.69) is 17.9 Å². The number of aryl methyl sites for hydroxylation is 2. The third-order valence-corrected chi connectivity index (χ3v) is 5.17. The topological polar surface area (TPSA) is 33.2 Å². The van der Waals surface area contributed by atoms with Crippen LogP contribution in [0.4, 0.5) is 10.2 Å². The zero-order valence-electron chi connectivity index (χ0n) is 15.7. The number of pyridine rings is 1. The number of ketones is 1. The van der Waals surface area contributed by atoms with Crippen molar-refractivity contribution < 1.29 is 9.18 Å². The molecule has 0 aliphatic carbocycles. The molecule has 0 atom stereocenters. The first kappa shape index (κ1) is 18.6. The second-order valence-corrected chi connectivity index (χ2v) is 7.45. The van der Waals surface area contributed by atoms with Crippen LogP contribution in [0.5, 0.6) is 0 Å². The second-order valence-electron chi connectivity index (χ2n) is 7.45. The van der Waals surface area contributed by atoms with Gasteiger partial charge in [-0.2, -0.15) is 0 Å². The molecule has 3 nitrogen and oxygen atoms in total. The molecule has 138 valence electrons. The average Bonchev–Trinajstić information content (AvgIpc) is 2.63. The Morgan fingerprint density at radius 2 is 1.85 bits per heavy atom. The maximum absolute atomic E-state index is 13.0. The fraction of sp³-hybridized carbons (Fsp3) is 0.455. The van der Waals surface area contributed by atoms with Crippen LogP contribution >= 0.6 is 0 Å². The lowest BCUT2D eigenvalue weighted by molar-refractivity contribution is -0.118. The molecule has 0 spiro atoms. The molecule has 4 heteroatoms. The van der Waals surface area contributed by atoms with Gasteiger partial charge in [0.15, 0.2) is 0 Å². The lowest BCUT2D eigenvalue weighted by atomic mass is 9.98. The molecule has 3 rings (SSSR count). The minimum atomic E-state index is -0.271. The molecule has 2 aromatic rings. The summed E-state index contributed by atoms with van der Waals surface area (Å²) in [6.45, 7) is 6.39. The summed E-state index contributed by atoms with van der Waals surface area (Å²) < 4.78 is 13.0. The Morgan fingerprint density at radius 3 is 2.54 bits per heavy atom. The van der Waals surface area contributed by atoms with Crippen LogP contribution in [0.1, 0.15) is 43.0 Å². The zero-order valence-corrected chi connectivity index (χ0v) is 15.7. The highest BCUT2D eigenvalue weighted by molar-refractivity contribution is 5.81. The molecule has 1 aromatic carbocycles. The van der Waals surface area contributed by atoms with Crippen molar-refractivity contribution in [1.29, 1.82) is 0 Å². The van der Waals surface area contributed by atoms with Crippen LogP contribution in [-0.2, 0) is 17.6 Å². The average molecular weight is 354 g/mol. The number of hydrogen-bond donors (Lipinski definition) is 0. The Morgan fingerprint density at radius 1 is 1.15 bits per heavy atom. The van der Waals surface area contributed by atoms with Gasteiger partial charge < -0.3 is 4.90 Å². The summed E-state index contributed by atoms with van der Waals surface area (Å²) in [6, 6.07) is 10.3. The first-order valence-corrected chi connectivity index (χ1v) is 9.49. The van der Waals surface area contributed by atoms with Gasteiger partial charge in [-0.25, -0.2) is 9.37 Å². The molecular formula is C22H27FN2O. The first-order valence-electron chi connectivity index (χ1n) is 9.49. The number of halogens is 1. The minimum Gasteiger partial charge on any atom is -0.356 e. The van der Waals surface area contributed by atoms with E-state index < -0.39 is 0 Å². The Bertz CT molecular complexity index is 749. The molecule has 1 aliphatic rings. The van der Waals surface area contributed by atoms with Gasteiger partial charge in [0.2, 0.25) is 0 Å². The number of benzene rings is 1. The van der Waals surface area contributed by atoms with Gasteiger partial charge in [0.25, 0.3) is 0 Å². The molecule has 1 fully saturated rings. The second kappa shape index (κ2) is 8.43. The van der Waals surface area contributed by atoms with Crippen LogP contribution in [0.2, 0.25) is 0 Å². The molecular weight excluding hydrogens is 327 g/mol. The molecule has 0 unspecified atom stereocenters. The van der Waals surface area contributed by atoms with E-state index in [4.69, 9.17) is 4.98 Å². The van der Waals surface area contributed by atoms with Gasteiger partial charge in [-0.15, -0.1) is 0 Å². The zero-order chi connectivity index (χ0) is 18.5. The van der Waals surface area contributed by atoms with Crippen LogP contribution < -0.4 is 4.90 Å². The van der Waals surface area contributed by atoms with Crippen LogP contribution in [0.25, 0.3) is 0 Å². The molecule has 0 radical (unpaired) electrons. The Labute approximate surface area is 155 Å². The normalized spacial score (nSPS) is 15.3. The van der Waals surface area contributed by atoms with Crippen molar-refractivity contribution in [2.45, 2.75) is 46.0 Å². The standard InChI is InChI=1S/C22H27FN2O/c1-16-11-13-25(14-12-16)22-19(6-3-17(2)24-22)7-10-21(26)15-18-4-8-20(23)9-5-18/h3-6,8-9,16H,7,10-15H2,1-2H3. The number of carbonyl (C=O) groups is 1. The highest BCUT2D eigenvalue weighted by Crippen LogP contribution is 2.26. The summed E-state index contributed by atoms with van der Waals surface area (Å²) in [4.78, 5) is 19.5. The number of Topliss-reactive ketones (excluding diaryl/α,β-unsaturated/α-hetero) is 1. The fourth-order valence-corrected chi connectivity index (χ4v) is 3.45. The van der Waals surface area contributed by atoms with E-state index in [0.717, 1.165) is 41.6 Å². The Hall–Kier alpha value is -2.23. The van der Waals surface area contributed by atoms with Gasteiger partial charge >= 0.3 is 0 Å². The third kappa shape index (κ3) is 4.90. The first-order chi connectivity index (χ1) is 12.5. The van der Waals surface area contributed by atoms with Crippen LogP contribution in [0.15, 0.2) is 36.4 Å². The highest BCUT2D eigenvalue weighted by atomic mass is 19.1. The van der Waals surface area contributed by atoms with Crippen molar-refractivity contribution in [2.75, 3.05) is 18.0 Å². The van der Waals surface area contributed by atoms with E-state index in [1.807, 2.05) is 13.0 Å². The van der Waals surface area contributed by atoms with E-state index in [9.17, 15) is 9.18 Å². The molecule has 0 bridgehead atoms. The summed E-state index contributed by atoms with van der Waals surface area (Å²) in [5.41, 5.74) is 3.03. The Kier molecular flexibility index (Phi) is 6.02. The number of rotatable bonds is 6. The van der Waals surface area contributed by atoms with Crippen molar-refractivity contribution in [1.82, 2.24) is 4.98 Å². The van der Waals surface area contributed by atoms with Crippen LogP contribution in [0, 0.1) is 18.7 Å². The monoisotopic (exact) mass is 354 g/mol. The number of carbonyl (C=O) groups excluding carboxylic acids is 1. The molecule has 26 heavy (non-hydrogen) atoms. The lowest BCUT2D eigenvalue weighted by Gasteiger charge is -2.32. The SMILES string of the molecule is Cc1ccc(CCC(=O)Cc2ccc(F)cc2)c(N2CCC(C)CC2)n1. The molecule has 1 saturated heterocycles. The van der Waals surface area contributed by atoms with E-state index in [0.29, 0.717) is 19.3 Å². The maximum atomic E-state index is 13.0. The third-order valence-electron chi connectivity index (χ3n) is 5.17. The van der Waals surface area contributed by atoms with Crippen molar-refractivity contribution in [3.63, 3.8) is 0 Å². The number of hydrogen-bond acceptors (Lipinski definition) is 3. The smallest absolute Gasteiger partial charge is 0.137 e. The molecule has 2 heterocycles. The van der Waals surface area contributed by atoms with Gasteiger partial charge in [-0.05, 0) is 61.4 Å². The van der Waals surface area contributed by atoms with Gasteiger partial charge in [0, 0.05) is 31.6 Å². The largest absolute Gasteiger partial charge is 0.356 e. The number of aromatic nitrogens is 1. The predicted octanol–water partition coefficient (Wildman–Crippen LogP) is 4.51. The molecule has 1 aromatic heterocycles. The van der Waals surface area contributed by atoms with E-state index in [1.54, 1.807) is 12.1 Å². The van der Waals surface area contributed by atoms with Crippen molar-refractivity contribution in [3.05, 3.63) is 59.0 Å². The molecule has 0 amide bonds. The van der Waals surface area contributed by atoms with E-state index in [-0.39, 0.29) is 11.6 Å². The number of piperidine rings is 1. The van der Waals surface area contributed by atoms with Crippen molar-refractivity contribution in [2.24, 2.45) is 5.92 Å². The Balaban J connectivity index is 1.63. The fourth-order valence-electron chi connectivity index (χ4n) is 3.45. The van der Waals surface area contributed by atoms with Crippen LogP contribution in [-0.4, -0.2) is 23.9 Å². The minimum absolute atomic E-state index is 0.176. The quantitative estimate of drug-likeness (QED) is 0.765. The maximum Gasteiger partial charge on any atom is 0.137 e. The summed E-state index contributed by atoms with van der Waals surface area (Å²) in [7, 11) is 0. The lowest BCUT2D eigenvalue weighted by Crippen LogP contribution is -2.34. The predicted molar refractivity (Wildman–Crippen MR) is 103 cm³/mol. The van der Waals surface area contributed by atoms with Gasteiger partial charge in [0.1, 0.15) is 17.4 Å². The van der Waals surface area contributed by atoms with Crippen molar-refractivity contribution in [3.8, 4) is 0 Å². The summed E-state index contributed by atoms with van der Waals surface area (Å²) in [5.74, 6) is 1.73. The van der Waals surface area contributed by atoms with Crippen LogP contribution in [0.3, 0.4) is 0 Å². The molecule has 0 saturated carbocycles. The van der Waals surface area contributed by atoms with Gasteiger partial charge in [-0.3, -0.25) is 4.79 Å². The van der Waals surface area contributed by atoms with E-state index >= 15 is 0 Å².